The van der Waals surface area contributed by atoms with E-state index in [2.05, 4.69) is 10.6 Å². The first-order chi connectivity index (χ1) is 24.6. The molecule has 0 saturated carbocycles. The first-order valence-electron chi connectivity index (χ1n) is 16.1. The van der Waals surface area contributed by atoms with E-state index >= 15 is 0 Å². The van der Waals surface area contributed by atoms with Gasteiger partial charge in [0, 0.05) is 0 Å². The van der Waals surface area contributed by atoms with Gasteiger partial charge in [0.05, 0.1) is 11.4 Å². The average molecular weight is 673 g/mol. The fourth-order valence-electron chi connectivity index (χ4n) is 4.99. The number of para-hydroxylation sites is 8. The summed E-state index contributed by atoms with van der Waals surface area (Å²) in [6.45, 7) is 0.469. The highest BCUT2D eigenvalue weighted by Crippen LogP contribution is 2.30. The Bertz CT molecular complexity index is 1800. The number of ether oxygens (including phenoxy) is 6. The third-order valence-corrected chi connectivity index (χ3v) is 7.46. The van der Waals surface area contributed by atoms with Crippen LogP contribution in [0.1, 0.15) is 11.1 Å². The molecular weight excluding hydrogens is 636 g/mol. The van der Waals surface area contributed by atoms with Crippen LogP contribution in [0, 0.1) is 0 Å². The lowest BCUT2D eigenvalue weighted by molar-refractivity contribution is -0.118. The standard InChI is InChI=1S/C40H36N2O8/c43-39-27-49-37-21-9-7-19-35(37)45-23-11-12-24-46-36-20-8-10-22-38(36)50-28-40(44)42-32-16-4-6-18-34(32)48-26-30-14-2-1-13-29(30)25-47-33-17-5-3-15-31(33)41-39/h1-22H,23-28H2,(H,41,43)(H,42,44)/b12-11-. The highest BCUT2D eigenvalue weighted by Gasteiger charge is 2.14. The number of carbonyl (C=O) groups is 2. The molecule has 50 heavy (non-hydrogen) atoms. The minimum Gasteiger partial charge on any atom is -0.487 e. The Labute approximate surface area is 290 Å². The molecular formula is C40H36N2O8. The van der Waals surface area contributed by atoms with Crippen LogP contribution in [0.2, 0.25) is 0 Å². The molecule has 0 saturated heterocycles. The van der Waals surface area contributed by atoms with Crippen LogP contribution in [0.4, 0.5) is 11.4 Å². The molecule has 254 valence electrons. The van der Waals surface area contributed by atoms with E-state index in [0.29, 0.717) is 45.9 Å². The minimum atomic E-state index is -0.357. The summed E-state index contributed by atoms with van der Waals surface area (Å²) in [7, 11) is 0. The molecule has 2 amide bonds. The van der Waals surface area contributed by atoms with Crippen molar-refractivity contribution < 1.29 is 38.0 Å². The van der Waals surface area contributed by atoms with Crippen LogP contribution in [0.25, 0.3) is 0 Å². The van der Waals surface area contributed by atoms with Gasteiger partial charge < -0.3 is 39.1 Å². The van der Waals surface area contributed by atoms with Crippen molar-refractivity contribution in [1.82, 2.24) is 0 Å². The molecule has 10 heteroatoms. The lowest BCUT2D eigenvalue weighted by Crippen LogP contribution is -2.21. The molecule has 0 aliphatic carbocycles. The molecule has 0 radical (unpaired) electrons. The molecule has 0 atom stereocenters. The summed E-state index contributed by atoms with van der Waals surface area (Å²) in [5.74, 6) is 2.14. The van der Waals surface area contributed by atoms with Gasteiger partial charge in [0.2, 0.25) is 0 Å². The van der Waals surface area contributed by atoms with Crippen molar-refractivity contribution in [3.8, 4) is 34.5 Å². The zero-order chi connectivity index (χ0) is 34.4. The number of hydrogen-bond acceptors (Lipinski definition) is 8. The highest BCUT2D eigenvalue weighted by molar-refractivity contribution is 5.94. The van der Waals surface area contributed by atoms with E-state index in [4.69, 9.17) is 28.4 Å². The minimum absolute atomic E-state index is 0.225. The van der Waals surface area contributed by atoms with Gasteiger partial charge in [0.25, 0.3) is 11.8 Å². The van der Waals surface area contributed by atoms with Crippen LogP contribution in [-0.2, 0) is 22.8 Å². The second kappa shape index (κ2) is 17.1. The van der Waals surface area contributed by atoms with E-state index in [1.807, 2.05) is 72.8 Å². The second-order valence-corrected chi connectivity index (χ2v) is 11.0. The van der Waals surface area contributed by atoms with Crippen molar-refractivity contribution in [2.24, 2.45) is 0 Å². The highest BCUT2D eigenvalue weighted by atomic mass is 16.5. The Morgan fingerprint density at radius 3 is 1.10 bits per heavy atom. The van der Waals surface area contributed by atoms with Crippen molar-refractivity contribution in [1.29, 1.82) is 0 Å². The van der Waals surface area contributed by atoms with Gasteiger partial charge in [-0.15, -0.1) is 0 Å². The first-order valence-corrected chi connectivity index (χ1v) is 16.1. The van der Waals surface area contributed by atoms with Gasteiger partial charge >= 0.3 is 0 Å². The SMILES string of the molecule is O=C1COc2ccccc2OC/C=C\COc2ccccc2OCC(=O)Nc2ccccc2OCc2ccccc2COc2ccccc2N1. The third kappa shape index (κ3) is 9.35. The van der Waals surface area contributed by atoms with Crippen LogP contribution in [-0.4, -0.2) is 38.2 Å². The van der Waals surface area contributed by atoms with Crippen LogP contribution in [0.3, 0.4) is 0 Å². The molecule has 1 heterocycles. The Balaban J connectivity index is 1.21. The maximum absolute atomic E-state index is 13.0. The number of anilines is 2. The lowest BCUT2D eigenvalue weighted by atomic mass is 10.1. The summed E-state index contributed by atoms with van der Waals surface area (Å²) in [4.78, 5) is 25.9. The molecule has 2 N–H and O–H groups in total. The van der Waals surface area contributed by atoms with Gasteiger partial charge in [-0.2, -0.15) is 0 Å². The zero-order valence-electron chi connectivity index (χ0n) is 27.2. The van der Waals surface area contributed by atoms with E-state index in [1.165, 1.54) is 0 Å². The Kier molecular flexibility index (Phi) is 11.5. The Hall–Kier alpha value is -6.42. The number of rotatable bonds is 0. The molecule has 0 spiro atoms. The summed E-state index contributed by atoms with van der Waals surface area (Å²) in [6, 6.07) is 36.4. The van der Waals surface area contributed by atoms with Gasteiger partial charge in [-0.3, -0.25) is 9.59 Å². The Morgan fingerprint density at radius 1 is 0.360 bits per heavy atom. The van der Waals surface area contributed by atoms with Crippen LogP contribution < -0.4 is 39.1 Å². The zero-order valence-corrected chi connectivity index (χ0v) is 27.2. The van der Waals surface area contributed by atoms with Crippen molar-refractivity contribution in [2.75, 3.05) is 37.1 Å². The van der Waals surface area contributed by atoms with Crippen molar-refractivity contribution >= 4 is 23.2 Å². The van der Waals surface area contributed by atoms with Crippen LogP contribution in [0.15, 0.2) is 133 Å². The molecule has 1 aliphatic rings. The fraction of sp³-hybridized carbons (Fsp3) is 0.150. The predicted octanol–water partition coefficient (Wildman–Crippen LogP) is 7.21. The molecule has 1 aliphatic heterocycles. The molecule has 5 aromatic carbocycles. The van der Waals surface area contributed by atoms with Crippen molar-refractivity contribution in [3.63, 3.8) is 0 Å². The summed E-state index contributed by atoms with van der Waals surface area (Å²) in [6.07, 6.45) is 3.62. The number of hydrogen-bond donors (Lipinski definition) is 2. The number of nitrogens with one attached hydrogen (secondary N) is 2. The van der Waals surface area contributed by atoms with Gasteiger partial charge in [-0.1, -0.05) is 72.8 Å². The summed E-state index contributed by atoms with van der Waals surface area (Å²) >= 11 is 0. The van der Waals surface area contributed by atoms with Crippen LogP contribution >= 0.6 is 0 Å². The smallest absolute Gasteiger partial charge is 0.262 e. The number of carbonyl (C=O) groups excluding carboxylic acids is 2. The van der Waals surface area contributed by atoms with E-state index in [9.17, 15) is 9.59 Å². The van der Waals surface area contributed by atoms with Gasteiger partial charge in [-0.05, 0) is 71.8 Å². The summed E-state index contributed by atoms with van der Waals surface area (Å²) < 4.78 is 35.8. The maximum Gasteiger partial charge on any atom is 0.262 e. The summed E-state index contributed by atoms with van der Waals surface area (Å²) in [5, 5.41) is 5.77. The molecule has 6 rings (SSSR count). The largest absolute Gasteiger partial charge is 0.487 e. The van der Waals surface area contributed by atoms with E-state index in [0.717, 1.165) is 11.1 Å². The molecule has 0 aromatic heterocycles. The Morgan fingerprint density at radius 2 is 0.680 bits per heavy atom. The van der Waals surface area contributed by atoms with Crippen LogP contribution in [0.5, 0.6) is 34.5 Å². The molecule has 10 nitrogen and oxygen atoms in total. The van der Waals surface area contributed by atoms with Gasteiger partial charge in [0.1, 0.15) is 37.9 Å². The maximum atomic E-state index is 13.0. The quantitative estimate of drug-likeness (QED) is 0.166. The van der Waals surface area contributed by atoms with E-state index in [-0.39, 0.29) is 51.5 Å². The van der Waals surface area contributed by atoms with E-state index < -0.39 is 0 Å². The van der Waals surface area contributed by atoms with E-state index in [1.54, 1.807) is 60.7 Å². The van der Waals surface area contributed by atoms with Gasteiger partial charge in [-0.25, -0.2) is 0 Å². The third-order valence-electron chi connectivity index (χ3n) is 7.46. The average Bonchev–Trinajstić information content (AvgIpc) is 3.14. The van der Waals surface area contributed by atoms with Gasteiger partial charge in [0.15, 0.2) is 36.2 Å². The first kappa shape index (κ1) is 33.5. The number of benzene rings is 5. The summed E-state index contributed by atoms with van der Waals surface area (Å²) in [5.41, 5.74) is 2.81. The predicted molar refractivity (Wildman–Crippen MR) is 189 cm³/mol. The second-order valence-electron chi connectivity index (χ2n) is 11.0. The monoisotopic (exact) mass is 672 g/mol. The van der Waals surface area contributed by atoms with Crippen molar-refractivity contribution in [2.45, 2.75) is 13.2 Å². The molecule has 5 aromatic rings. The number of amides is 2. The fourth-order valence-corrected chi connectivity index (χ4v) is 4.99. The molecule has 0 bridgehead atoms. The van der Waals surface area contributed by atoms with Crippen molar-refractivity contribution in [3.05, 3.63) is 145 Å². The normalized spacial score (nSPS) is 15.0. The molecule has 0 fully saturated rings. The lowest BCUT2D eigenvalue weighted by Gasteiger charge is -2.17. The molecule has 0 unspecified atom stereocenters. The number of fused-ring (bicyclic) bond motifs is 5. The topological polar surface area (TPSA) is 114 Å².